The lowest BCUT2D eigenvalue weighted by Crippen LogP contribution is -2.67. The van der Waals surface area contributed by atoms with E-state index in [0.717, 1.165) is 4.90 Å². The largest absolute Gasteiger partial charge is 0.445 e. The Morgan fingerprint density at radius 2 is 2.03 bits per heavy atom. The number of benzene rings is 1. The van der Waals surface area contributed by atoms with E-state index in [4.69, 9.17) is 53.8 Å². The van der Waals surface area contributed by atoms with Crippen molar-refractivity contribution in [1.29, 1.82) is 0 Å². The molecule has 0 aromatic heterocycles. The summed E-state index contributed by atoms with van der Waals surface area (Å²) in [5.41, 5.74) is -0.623. The number of fused-ring (bicyclic) bond motifs is 1. The summed E-state index contributed by atoms with van der Waals surface area (Å²) in [5, 5.41) is 13.6. The predicted octanol–water partition coefficient (Wildman–Crippen LogP) is 3.48. The zero-order chi connectivity index (χ0) is 21.2. The highest BCUT2D eigenvalue weighted by atomic mass is 35.6. The SMILES string of the molecule is CC1(C)OC[C@H]2O[C@@H](Sc3ccccc3)[C@H](NC(=O)OCC(Cl)(Cl)Cl)[C@@H](O)[C@@H]2O1. The van der Waals surface area contributed by atoms with E-state index in [0.29, 0.717) is 0 Å². The van der Waals surface area contributed by atoms with Crippen molar-refractivity contribution in [3.05, 3.63) is 30.3 Å². The Morgan fingerprint density at radius 3 is 2.69 bits per heavy atom. The van der Waals surface area contributed by atoms with Crippen LogP contribution in [0.5, 0.6) is 0 Å². The molecule has 5 atom stereocenters. The van der Waals surface area contributed by atoms with Gasteiger partial charge in [0, 0.05) is 4.90 Å². The van der Waals surface area contributed by atoms with E-state index in [1.807, 2.05) is 30.3 Å². The molecular formula is C18H22Cl3NO6S. The summed E-state index contributed by atoms with van der Waals surface area (Å²) in [6.07, 6.45) is -3.09. The number of carbonyl (C=O) groups excluding carboxylic acids is 1. The molecule has 2 aliphatic rings. The van der Waals surface area contributed by atoms with E-state index in [-0.39, 0.29) is 6.61 Å². The van der Waals surface area contributed by atoms with Gasteiger partial charge in [-0.25, -0.2) is 4.79 Å². The molecule has 0 aliphatic carbocycles. The van der Waals surface area contributed by atoms with Crippen molar-refractivity contribution in [1.82, 2.24) is 5.32 Å². The van der Waals surface area contributed by atoms with Crippen LogP contribution in [0.25, 0.3) is 0 Å². The van der Waals surface area contributed by atoms with Crippen molar-refractivity contribution in [2.45, 2.75) is 58.1 Å². The van der Waals surface area contributed by atoms with Crippen molar-refractivity contribution < 1.29 is 28.8 Å². The fraction of sp³-hybridized carbons (Fsp3) is 0.611. The molecule has 162 valence electrons. The first kappa shape index (κ1) is 23.2. The van der Waals surface area contributed by atoms with Gasteiger partial charge >= 0.3 is 6.09 Å². The molecule has 1 aromatic carbocycles. The number of nitrogens with one attached hydrogen (secondary N) is 1. The fourth-order valence-corrected chi connectivity index (χ4v) is 4.38. The van der Waals surface area contributed by atoms with Gasteiger partial charge in [-0.15, -0.1) is 0 Å². The van der Waals surface area contributed by atoms with Crippen molar-refractivity contribution in [2.75, 3.05) is 13.2 Å². The molecule has 2 aliphatic heterocycles. The molecule has 0 spiro atoms. The Labute approximate surface area is 188 Å². The van der Waals surface area contributed by atoms with Gasteiger partial charge in [-0.05, 0) is 26.0 Å². The third-order valence-electron chi connectivity index (χ3n) is 4.34. The van der Waals surface area contributed by atoms with Crippen LogP contribution in [0.1, 0.15) is 13.8 Å². The van der Waals surface area contributed by atoms with Crippen LogP contribution in [0.2, 0.25) is 0 Å². The average molecular weight is 487 g/mol. The Hall–Kier alpha value is -0.450. The maximum Gasteiger partial charge on any atom is 0.407 e. The van der Waals surface area contributed by atoms with Crippen LogP contribution in [0.15, 0.2) is 35.2 Å². The van der Waals surface area contributed by atoms with Crippen LogP contribution >= 0.6 is 46.6 Å². The second-order valence-corrected chi connectivity index (χ2v) is 10.8. The summed E-state index contributed by atoms with van der Waals surface area (Å²) in [7, 11) is 0. The Kier molecular flexibility index (Phi) is 7.49. The van der Waals surface area contributed by atoms with Gasteiger partial charge in [0.1, 0.15) is 30.4 Å². The number of thioether (sulfide) groups is 1. The second-order valence-electron chi connectivity index (χ2n) is 7.12. The number of aliphatic hydroxyl groups is 1. The van der Waals surface area contributed by atoms with Gasteiger partial charge in [0.05, 0.1) is 12.6 Å². The number of ether oxygens (including phenoxy) is 4. The first-order valence-electron chi connectivity index (χ1n) is 8.91. The molecule has 1 amide bonds. The molecule has 7 nitrogen and oxygen atoms in total. The third kappa shape index (κ3) is 6.51. The van der Waals surface area contributed by atoms with Crippen LogP contribution in [0.4, 0.5) is 4.79 Å². The van der Waals surface area contributed by atoms with E-state index in [2.05, 4.69) is 5.32 Å². The number of aliphatic hydroxyl groups excluding tert-OH is 1. The number of hydrogen-bond acceptors (Lipinski definition) is 7. The van der Waals surface area contributed by atoms with Gasteiger partial charge in [-0.3, -0.25) is 0 Å². The maximum absolute atomic E-state index is 12.2. The molecule has 2 N–H and O–H groups in total. The molecule has 3 rings (SSSR count). The van der Waals surface area contributed by atoms with Crippen molar-refractivity contribution in [3.8, 4) is 0 Å². The minimum absolute atomic E-state index is 0.255. The van der Waals surface area contributed by atoms with Crippen LogP contribution in [-0.4, -0.2) is 63.8 Å². The topological polar surface area (TPSA) is 86.3 Å². The number of hydrogen-bond donors (Lipinski definition) is 2. The smallest absolute Gasteiger partial charge is 0.407 e. The molecule has 1 aromatic rings. The Bertz CT molecular complexity index is 705. The summed E-state index contributed by atoms with van der Waals surface area (Å²) in [6, 6.07) is 8.64. The Morgan fingerprint density at radius 1 is 1.34 bits per heavy atom. The van der Waals surface area contributed by atoms with Gasteiger partial charge in [0.15, 0.2) is 5.79 Å². The summed E-state index contributed by atoms with van der Waals surface area (Å²) < 4.78 is 20.8. The molecule has 0 saturated carbocycles. The molecule has 2 fully saturated rings. The highest BCUT2D eigenvalue weighted by Gasteiger charge is 2.51. The van der Waals surface area contributed by atoms with Crippen LogP contribution < -0.4 is 5.32 Å². The van der Waals surface area contributed by atoms with Gasteiger partial charge in [0.25, 0.3) is 0 Å². The van der Waals surface area contributed by atoms with E-state index in [1.54, 1.807) is 13.8 Å². The summed E-state index contributed by atoms with van der Waals surface area (Å²) in [6.45, 7) is 3.31. The normalized spacial score (nSPS) is 31.6. The first-order chi connectivity index (χ1) is 13.5. The summed E-state index contributed by atoms with van der Waals surface area (Å²) in [4.78, 5) is 13.1. The number of rotatable bonds is 4. The lowest BCUT2D eigenvalue weighted by molar-refractivity contribution is -0.341. The highest BCUT2D eigenvalue weighted by molar-refractivity contribution is 7.99. The molecule has 11 heteroatoms. The molecule has 0 radical (unpaired) electrons. The van der Waals surface area contributed by atoms with Crippen LogP contribution in [0.3, 0.4) is 0 Å². The monoisotopic (exact) mass is 485 g/mol. The predicted molar refractivity (Wildman–Crippen MR) is 110 cm³/mol. The second kappa shape index (κ2) is 9.36. The first-order valence-corrected chi connectivity index (χ1v) is 10.9. The lowest BCUT2D eigenvalue weighted by Gasteiger charge is -2.49. The van der Waals surface area contributed by atoms with Gasteiger partial charge in [0.2, 0.25) is 3.79 Å². The zero-order valence-electron chi connectivity index (χ0n) is 15.7. The lowest BCUT2D eigenvalue weighted by atomic mass is 9.96. The van der Waals surface area contributed by atoms with Gasteiger partial charge in [-0.2, -0.15) is 0 Å². The van der Waals surface area contributed by atoms with Crippen molar-refractivity contribution >= 4 is 52.7 Å². The molecular weight excluding hydrogens is 465 g/mol. The Balaban J connectivity index is 1.76. The maximum atomic E-state index is 12.2. The van der Waals surface area contributed by atoms with Crippen LogP contribution in [-0.2, 0) is 18.9 Å². The fourth-order valence-electron chi connectivity index (χ4n) is 3.06. The number of halogens is 3. The third-order valence-corrected chi connectivity index (χ3v) is 5.84. The quantitative estimate of drug-likeness (QED) is 0.630. The minimum Gasteiger partial charge on any atom is -0.445 e. The van der Waals surface area contributed by atoms with E-state index in [9.17, 15) is 9.90 Å². The average Bonchev–Trinajstić information content (AvgIpc) is 2.64. The molecule has 29 heavy (non-hydrogen) atoms. The molecule has 2 heterocycles. The van der Waals surface area contributed by atoms with Gasteiger partial charge < -0.3 is 29.4 Å². The van der Waals surface area contributed by atoms with E-state index < -0.39 is 52.1 Å². The van der Waals surface area contributed by atoms with Crippen molar-refractivity contribution in [2.24, 2.45) is 0 Å². The van der Waals surface area contributed by atoms with Crippen molar-refractivity contribution in [3.63, 3.8) is 0 Å². The van der Waals surface area contributed by atoms with E-state index >= 15 is 0 Å². The summed E-state index contributed by atoms with van der Waals surface area (Å²) in [5.74, 6) is -0.883. The number of carbonyl (C=O) groups is 1. The molecule has 0 bridgehead atoms. The number of amides is 1. The molecule has 0 unspecified atom stereocenters. The highest BCUT2D eigenvalue weighted by Crippen LogP contribution is 2.38. The van der Waals surface area contributed by atoms with Gasteiger partial charge in [-0.1, -0.05) is 64.8 Å². The molecule has 2 saturated heterocycles. The standard InChI is InChI=1S/C18H22Cl3NO6S/c1-17(2)26-8-11-14(28-17)13(23)12(22-16(24)25-9-18(19,20)21)15(27-11)29-10-6-4-3-5-7-10/h3-7,11-15,23H,8-9H2,1-2H3,(H,22,24)/t11-,12-,13-,14-,15+/m1/s1. The number of alkyl halides is 3. The van der Waals surface area contributed by atoms with Crippen LogP contribution in [0, 0.1) is 0 Å². The summed E-state index contributed by atoms with van der Waals surface area (Å²) >= 11 is 18.2. The van der Waals surface area contributed by atoms with E-state index in [1.165, 1.54) is 11.8 Å². The number of alkyl carbamates (subject to hydrolysis) is 1. The minimum atomic E-state index is -1.74. The zero-order valence-corrected chi connectivity index (χ0v) is 18.8.